The fourth-order valence-electron chi connectivity index (χ4n) is 4.60. The summed E-state index contributed by atoms with van der Waals surface area (Å²) < 4.78 is 25.8. The Morgan fingerprint density at radius 3 is 1.48 bits per heavy atom. The van der Waals surface area contributed by atoms with Crippen LogP contribution in [-0.4, -0.2) is 44.7 Å². The molecule has 2 rings (SSSR count). The van der Waals surface area contributed by atoms with Gasteiger partial charge in [-0.05, 0) is 114 Å². The van der Waals surface area contributed by atoms with Crippen molar-refractivity contribution in [3.63, 3.8) is 0 Å². The Bertz CT molecular complexity index is 582. The van der Waals surface area contributed by atoms with E-state index in [1.807, 2.05) is 0 Å². The van der Waals surface area contributed by atoms with Gasteiger partial charge in [-0.3, -0.25) is 0 Å². The van der Waals surface area contributed by atoms with Crippen molar-refractivity contribution in [3.05, 3.63) is 23.7 Å². The Morgan fingerprint density at radius 2 is 1.06 bits per heavy atom. The normalized spacial score (nSPS) is 18.7. The molecule has 0 bridgehead atoms. The van der Waals surface area contributed by atoms with E-state index in [9.17, 15) is 0 Å². The molecule has 0 heterocycles. The first-order chi connectivity index (χ1) is 15.6. The van der Waals surface area contributed by atoms with Crippen LogP contribution in [0.4, 0.5) is 0 Å². The number of hydrogen-bond donors (Lipinski definition) is 0. The summed E-state index contributed by atoms with van der Waals surface area (Å²) in [4.78, 5) is 0. The van der Waals surface area contributed by atoms with Gasteiger partial charge in [0.05, 0.1) is 11.5 Å². The third-order valence-corrected chi connectivity index (χ3v) is 20.1. The highest BCUT2D eigenvalue weighted by Gasteiger charge is 2.39. The molecule has 33 heavy (non-hydrogen) atoms. The molecule has 2 aliphatic carbocycles. The topological polar surface area (TPSA) is 36.9 Å². The molecule has 0 spiro atoms. The van der Waals surface area contributed by atoms with Crippen LogP contribution in [0.3, 0.4) is 0 Å². The van der Waals surface area contributed by atoms with E-state index in [1.165, 1.54) is 62.9 Å². The maximum Gasteiger partial charge on any atom is 0.311 e. The highest BCUT2D eigenvalue weighted by Crippen LogP contribution is 2.27. The minimum absolute atomic E-state index is 0.563. The summed E-state index contributed by atoms with van der Waals surface area (Å²) in [5.74, 6) is 2.47. The molecule has 188 valence electrons. The molecule has 2 aliphatic rings. The average Bonchev–Trinajstić information content (AvgIpc) is 3.12. The maximum atomic E-state index is 6.78. The summed E-state index contributed by atoms with van der Waals surface area (Å²) in [6, 6.07) is 4.50. The molecule has 0 aromatic heterocycles. The predicted octanol–water partition coefficient (Wildman–Crippen LogP) is 7.94. The Labute approximate surface area is 212 Å². The van der Waals surface area contributed by atoms with E-state index in [2.05, 4.69) is 51.4 Å². The molecule has 0 atom stereocenters. The second kappa shape index (κ2) is 14.6. The molecule has 0 N–H and O–H groups in total. The second-order valence-corrected chi connectivity index (χ2v) is 25.6. The van der Waals surface area contributed by atoms with Crippen molar-refractivity contribution in [2.24, 2.45) is 0 Å². The largest absolute Gasteiger partial charge is 0.544 e. The van der Waals surface area contributed by atoms with Crippen LogP contribution in [-0.2, 0) is 17.1 Å². The quantitative estimate of drug-likeness (QED) is 0.165. The summed E-state index contributed by atoms with van der Waals surface area (Å²) in [6.45, 7) is 13.9. The summed E-state index contributed by atoms with van der Waals surface area (Å²) >= 11 is 0. The lowest BCUT2D eigenvalue weighted by Crippen LogP contribution is -2.52. The highest BCUT2D eigenvalue weighted by atomic mass is 28.5. The van der Waals surface area contributed by atoms with Gasteiger partial charge in [-0.1, -0.05) is 12.8 Å². The second-order valence-electron chi connectivity index (χ2n) is 11.2. The van der Waals surface area contributed by atoms with Crippen LogP contribution in [0, 0.1) is 0 Å². The number of rotatable bonds is 14. The van der Waals surface area contributed by atoms with Crippen LogP contribution in [0.1, 0.15) is 64.2 Å². The van der Waals surface area contributed by atoms with Gasteiger partial charge in [0.15, 0.2) is 16.6 Å². The van der Waals surface area contributed by atoms with Gasteiger partial charge >= 0.3 is 28.1 Å². The molecular formula is C24H48O4Si5. The zero-order valence-electron chi connectivity index (χ0n) is 22.2. The van der Waals surface area contributed by atoms with Crippen molar-refractivity contribution in [1.29, 1.82) is 0 Å². The molecule has 0 aromatic rings. The lowest BCUT2D eigenvalue weighted by molar-refractivity contribution is 0.387. The third kappa shape index (κ3) is 13.7. The van der Waals surface area contributed by atoms with Gasteiger partial charge in [-0.2, -0.15) is 0 Å². The fraction of sp³-hybridized carbons (Fsp3) is 0.833. The zero-order valence-corrected chi connectivity index (χ0v) is 27.2. The minimum atomic E-state index is -2.15. The van der Waals surface area contributed by atoms with E-state index in [0.717, 1.165) is 37.0 Å². The van der Waals surface area contributed by atoms with Crippen LogP contribution in [0.2, 0.25) is 63.5 Å². The molecule has 0 unspecified atom stereocenters. The Morgan fingerprint density at radius 1 is 0.636 bits per heavy atom. The molecule has 0 aliphatic heterocycles. The van der Waals surface area contributed by atoms with Crippen LogP contribution >= 0.6 is 0 Å². The molecule has 4 nitrogen and oxygen atoms in total. The molecule has 0 aromatic carbocycles. The summed E-state index contributed by atoms with van der Waals surface area (Å²) in [5.41, 5.74) is 0. The fourth-order valence-corrected chi connectivity index (χ4v) is 23.2. The van der Waals surface area contributed by atoms with E-state index >= 15 is 0 Å². The monoisotopic (exact) mass is 540 g/mol. The van der Waals surface area contributed by atoms with Crippen LogP contribution in [0.25, 0.3) is 0 Å². The van der Waals surface area contributed by atoms with E-state index < -0.39 is 25.2 Å². The van der Waals surface area contributed by atoms with Crippen molar-refractivity contribution < 1.29 is 17.1 Å². The summed E-state index contributed by atoms with van der Waals surface area (Å²) in [6.07, 6.45) is 17.1. The van der Waals surface area contributed by atoms with Gasteiger partial charge in [0, 0.05) is 12.8 Å². The summed E-state index contributed by atoms with van der Waals surface area (Å²) in [7, 11) is -4.55. The van der Waals surface area contributed by atoms with Crippen LogP contribution in [0.15, 0.2) is 23.7 Å². The van der Waals surface area contributed by atoms with Crippen LogP contribution in [0.5, 0.6) is 0 Å². The molecule has 9 heteroatoms. The first kappa shape index (κ1) is 29.3. The number of allylic oxidation sites excluding steroid dienone is 4. The molecule has 4 radical (unpaired) electrons. The van der Waals surface area contributed by atoms with E-state index in [4.69, 9.17) is 17.1 Å². The van der Waals surface area contributed by atoms with Crippen molar-refractivity contribution in [2.75, 3.05) is 0 Å². The lowest BCUT2D eigenvalue weighted by atomic mass is 10.2. The van der Waals surface area contributed by atoms with Crippen molar-refractivity contribution in [3.8, 4) is 0 Å². The first-order valence-electron chi connectivity index (χ1n) is 13.1. The van der Waals surface area contributed by atoms with Gasteiger partial charge in [0.1, 0.15) is 0 Å². The van der Waals surface area contributed by atoms with Gasteiger partial charge in [-0.25, -0.2) is 0 Å². The number of hydrogen-bond acceptors (Lipinski definition) is 4. The molecule has 0 amide bonds. The van der Waals surface area contributed by atoms with Gasteiger partial charge in [0.2, 0.25) is 0 Å². The molecular weight excluding hydrogens is 493 g/mol. The van der Waals surface area contributed by atoms with Crippen molar-refractivity contribution >= 4 is 44.7 Å². The van der Waals surface area contributed by atoms with E-state index in [-0.39, 0.29) is 0 Å². The summed E-state index contributed by atoms with van der Waals surface area (Å²) in [5, 5.41) is 0. The van der Waals surface area contributed by atoms with Gasteiger partial charge in [0.25, 0.3) is 0 Å². The first-order valence-corrected chi connectivity index (χ1v) is 24.4. The van der Waals surface area contributed by atoms with Crippen molar-refractivity contribution in [1.82, 2.24) is 0 Å². The van der Waals surface area contributed by atoms with Gasteiger partial charge in [-0.15, -0.1) is 0 Å². The Balaban J connectivity index is 1.67. The SMILES string of the molecule is C[Si](C)(CC[Si]OC1=CCCCCC1)O[Si](C)(C)O[Si](C)(C)CC[Si]OC1=CCCCCC1. The maximum absolute atomic E-state index is 6.78. The lowest BCUT2D eigenvalue weighted by Gasteiger charge is -2.38. The van der Waals surface area contributed by atoms with E-state index in [1.54, 1.807) is 0 Å². The smallest absolute Gasteiger partial charge is 0.311 e. The van der Waals surface area contributed by atoms with Gasteiger partial charge < -0.3 is 17.1 Å². The highest BCUT2D eigenvalue weighted by molar-refractivity contribution is 6.88. The van der Waals surface area contributed by atoms with Crippen LogP contribution < -0.4 is 0 Å². The average molecular weight is 541 g/mol. The van der Waals surface area contributed by atoms with E-state index in [0.29, 0.717) is 19.5 Å². The predicted molar refractivity (Wildman–Crippen MR) is 150 cm³/mol. The molecule has 0 saturated carbocycles. The van der Waals surface area contributed by atoms with Crippen molar-refractivity contribution in [2.45, 2.75) is 128 Å². The molecule has 0 fully saturated rings. The minimum Gasteiger partial charge on any atom is -0.544 e. The Hall–Kier alpha value is 0.0844. The Kier molecular flexibility index (Phi) is 13.0. The third-order valence-electron chi connectivity index (χ3n) is 6.11. The molecule has 0 saturated heterocycles. The standard InChI is InChI=1S/C24H48O4Si5/c1-31(2,21-19-29-25-23-15-11-7-8-12-16-23)27-33(5,6)28-32(3,4)22-20-30-26-24-17-13-9-10-14-18-24/h15,17H,7-14,16,18-22H2,1-6H3. The zero-order chi connectivity index (χ0) is 24.2.